The molecule has 6 nitrogen and oxygen atoms in total. The topological polar surface area (TPSA) is 82.9 Å². The number of aryl methyl sites for hydroxylation is 1. The van der Waals surface area contributed by atoms with Crippen molar-refractivity contribution in [1.29, 1.82) is 0 Å². The van der Waals surface area contributed by atoms with Crippen LogP contribution in [0.2, 0.25) is 0 Å². The third kappa shape index (κ3) is 2.93. The first-order chi connectivity index (χ1) is 12.0. The molecule has 1 aliphatic heterocycles. The standard InChI is InChI=1S/C19H24N6/c1-4-25(3)10-12-5-6-15-13(7-12)8-16(23-15)14-9-17(20)24-19-18(14)21-11(2)22-19/h5-7,9,16,23H,4,8,10H2,1-3H3,(H3,20,21,22,24). The lowest BCUT2D eigenvalue weighted by atomic mass is 10.0. The number of fused-ring (bicyclic) bond motifs is 2. The molecule has 130 valence electrons. The van der Waals surface area contributed by atoms with E-state index in [1.807, 2.05) is 13.0 Å². The molecule has 0 aliphatic carbocycles. The largest absolute Gasteiger partial charge is 0.384 e. The van der Waals surface area contributed by atoms with Crippen LogP contribution in [0.1, 0.15) is 35.5 Å². The predicted molar refractivity (Wildman–Crippen MR) is 102 cm³/mol. The van der Waals surface area contributed by atoms with Crippen molar-refractivity contribution in [1.82, 2.24) is 19.9 Å². The number of benzene rings is 1. The van der Waals surface area contributed by atoms with Crippen LogP contribution in [0.3, 0.4) is 0 Å². The Balaban J connectivity index is 1.66. The number of rotatable bonds is 4. The van der Waals surface area contributed by atoms with Crippen LogP contribution in [-0.4, -0.2) is 33.4 Å². The zero-order valence-electron chi connectivity index (χ0n) is 14.9. The van der Waals surface area contributed by atoms with E-state index in [9.17, 15) is 0 Å². The third-order valence-corrected chi connectivity index (χ3v) is 4.91. The van der Waals surface area contributed by atoms with Gasteiger partial charge in [0.05, 0.1) is 6.04 Å². The van der Waals surface area contributed by atoms with Crippen LogP contribution in [0.15, 0.2) is 24.3 Å². The van der Waals surface area contributed by atoms with Gasteiger partial charge >= 0.3 is 0 Å². The Bertz CT molecular complexity index is 929. The average molecular weight is 336 g/mol. The second-order valence-corrected chi connectivity index (χ2v) is 6.88. The van der Waals surface area contributed by atoms with Gasteiger partial charge in [-0.1, -0.05) is 19.1 Å². The zero-order valence-corrected chi connectivity index (χ0v) is 14.9. The molecule has 6 heteroatoms. The number of aromatic amines is 1. The number of aromatic nitrogens is 3. The molecule has 4 N–H and O–H groups in total. The highest BCUT2D eigenvalue weighted by molar-refractivity contribution is 5.79. The molecule has 1 aromatic carbocycles. The van der Waals surface area contributed by atoms with Gasteiger partial charge in [0.2, 0.25) is 0 Å². The van der Waals surface area contributed by atoms with E-state index in [-0.39, 0.29) is 6.04 Å². The molecule has 3 heterocycles. The van der Waals surface area contributed by atoms with Crippen LogP contribution in [0.25, 0.3) is 11.2 Å². The number of anilines is 2. The molecule has 0 bridgehead atoms. The molecule has 1 aliphatic rings. The molecule has 4 rings (SSSR count). The number of pyridine rings is 1. The van der Waals surface area contributed by atoms with Crippen molar-refractivity contribution in [2.24, 2.45) is 0 Å². The Kier molecular flexibility index (Phi) is 3.84. The fourth-order valence-electron chi connectivity index (χ4n) is 3.54. The van der Waals surface area contributed by atoms with Crippen LogP contribution in [0.4, 0.5) is 11.5 Å². The van der Waals surface area contributed by atoms with Gasteiger partial charge in [0, 0.05) is 17.8 Å². The van der Waals surface area contributed by atoms with Gasteiger partial charge in [-0.15, -0.1) is 0 Å². The first-order valence-electron chi connectivity index (χ1n) is 8.73. The summed E-state index contributed by atoms with van der Waals surface area (Å²) in [5.41, 5.74) is 12.7. The summed E-state index contributed by atoms with van der Waals surface area (Å²) in [6.45, 7) is 6.13. The van der Waals surface area contributed by atoms with Gasteiger partial charge in [-0.05, 0) is 50.2 Å². The maximum Gasteiger partial charge on any atom is 0.160 e. The molecule has 2 aromatic heterocycles. The molecule has 25 heavy (non-hydrogen) atoms. The maximum atomic E-state index is 6.01. The number of imidazole rings is 1. The highest BCUT2D eigenvalue weighted by atomic mass is 15.1. The summed E-state index contributed by atoms with van der Waals surface area (Å²) in [5, 5.41) is 3.62. The quantitative estimate of drug-likeness (QED) is 0.682. The smallest absolute Gasteiger partial charge is 0.160 e. The molecule has 0 fully saturated rings. The summed E-state index contributed by atoms with van der Waals surface area (Å²) in [6.07, 6.45) is 0.934. The fraction of sp³-hybridized carbons (Fsp3) is 0.368. The number of nitrogens with two attached hydrogens (primary N) is 1. The fourth-order valence-corrected chi connectivity index (χ4v) is 3.54. The molecule has 0 radical (unpaired) electrons. The van der Waals surface area contributed by atoms with Gasteiger partial charge in [0.25, 0.3) is 0 Å². The molecule has 0 saturated carbocycles. The van der Waals surface area contributed by atoms with Crippen molar-refractivity contribution in [3.8, 4) is 0 Å². The minimum atomic E-state index is 0.171. The van der Waals surface area contributed by atoms with Crippen molar-refractivity contribution >= 4 is 22.7 Å². The highest BCUT2D eigenvalue weighted by Gasteiger charge is 2.25. The lowest BCUT2D eigenvalue weighted by Gasteiger charge is -2.14. The lowest BCUT2D eigenvalue weighted by Crippen LogP contribution is -2.16. The normalized spacial score (nSPS) is 16.4. The summed E-state index contributed by atoms with van der Waals surface area (Å²) < 4.78 is 0. The van der Waals surface area contributed by atoms with Crippen molar-refractivity contribution in [3.63, 3.8) is 0 Å². The van der Waals surface area contributed by atoms with Gasteiger partial charge in [-0.2, -0.15) is 0 Å². The van der Waals surface area contributed by atoms with Crippen LogP contribution >= 0.6 is 0 Å². The summed E-state index contributed by atoms with van der Waals surface area (Å²) in [5.74, 6) is 1.38. The first kappa shape index (κ1) is 15.9. The number of nitrogen functional groups attached to an aromatic ring is 1. The lowest BCUT2D eigenvalue weighted by molar-refractivity contribution is 0.345. The highest BCUT2D eigenvalue weighted by Crippen LogP contribution is 2.37. The molecule has 0 saturated heterocycles. The number of hydrogen-bond acceptors (Lipinski definition) is 5. The van der Waals surface area contributed by atoms with Crippen molar-refractivity contribution in [3.05, 3.63) is 46.8 Å². The van der Waals surface area contributed by atoms with E-state index < -0.39 is 0 Å². The van der Waals surface area contributed by atoms with E-state index in [0.717, 1.165) is 42.1 Å². The Hall–Kier alpha value is -2.60. The van der Waals surface area contributed by atoms with Gasteiger partial charge < -0.3 is 20.9 Å². The van der Waals surface area contributed by atoms with Gasteiger partial charge in [-0.25, -0.2) is 9.97 Å². The Morgan fingerprint density at radius 3 is 2.92 bits per heavy atom. The minimum absolute atomic E-state index is 0.171. The zero-order chi connectivity index (χ0) is 17.6. The second kappa shape index (κ2) is 6.04. The number of nitrogens with one attached hydrogen (secondary N) is 2. The predicted octanol–water partition coefficient (Wildman–Crippen LogP) is 3.01. The van der Waals surface area contributed by atoms with Crippen LogP contribution in [0, 0.1) is 6.92 Å². The molecule has 0 spiro atoms. The molecule has 3 aromatic rings. The van der Waals surface area contributed by atoms with Crippen LogP contribution < -0.4 is 11.1 Å². The molecular weight excluding hydrogens is 312 g/mol. The molecule has 1 atom stereocenters. The minimum Gasteiger partial charge on any atom is -0.384 e. The van der Waals surface area contributed by atoms with E-state index in [1.54, 1.807) is 0 Å². The Morgan fingerprint density at radius 2 is 2.12 bits per heavy atom. The molecule has 1 unspecified atom stereocenters. The van der Waals surface area contributed by atoms with Crippen molar-refractivity contribution in [2.45, 2.75) is 32.9 Å². The van der Waals surface area contributed by atoms with E-state index in [2.05, 4.69) is 57.3 Å². The van der Waals surface area contributed by atoms with E-state index in [1.165, 1.54) is 16.8 Å². The van der Waals surface area contributed by atoms with E-state index in [0.29, 0.717) is 5.82 Å². The summed E-state index contributed by atoms with van der Waals surface area (Å²) in [6, 6.07) is 8.82. The van der Waals surface area contributed by atoms with Crippen LogP contribution in [0.5, 0.6) is 0 Å². The summed E-state index contributed by atoms with van der Waals surface area (Å²) in [4.78, 5) is 14.5. The number of hydrogen-bond donors (Lipinski definition) is 3. The van der Waals surface area contributed by atoms with Crippen LogP contribution in [-0.2, 0) is 13.0 Å². The third-order valence-electron chi connectivity index (χ3n) is 4.91. The van der Waals surface area contributed by atoms with Crippen molar-refractivity contribution in [2.75, 3.05) is 24.6 Å². The Labute approximate surface area is 147 Å². The summed E-state index contributed by atoms with van der Waals surface area (Å²) >= 11 is 0. The van der Waals surface area contributed by atoms with Crippen molar-refractivity contribution < 1.29 is 0 Å². The molecular formula is C19H24N6. The monoisotopic (exact) mass is 336 g/mol. The Morgan fingerprint density at radius 1 is 1.28 bits per heavy atom. The summed E-state index contributed by atoms with van der Waals surface area (Å²) in [7, 11) is 2.14. The number of H-pyrrole nitrogens is 1. The van der Waals surface area contributed by atoms with Gasteiger partial charge in [-0.3, -0.25) is 0 Å². The first-order valence-corrected chi connectivity index (χ1v) is 8.73. The SMILES string of the molecule is CCN(C)Cc1ccc2c(c1)CC(c1cc(N)nc3[nH]c(C)nc13)N2. The second-order valence-electron chi connectivity index (χ2n) is 6.88. The van der Waals surface area contributed by atoms with Gasteiger partial charge in [0.15, 0.2) is 5.65 Å². The maximum absolute atomic E-state index is 6.01. The van der Waals surface area contributed by atoms with E-state index >= 15 is 0 Å². The van der Waals surface area contributed by atoms with Gasteiger partial charge in [0.1, 0.15) is 17.2 Å². The van der Waals surface area contributed by atoms with E-state index in [4.69, 9.17) is 5.73 Å². The molecule has 0 amide bonds. The number of nitrogens with zero attached hydrogens (tertiary/aromatic N) is 3. The average Bonchev–Trinajstić information content (AvgIpc) is 3.15.